The SMILES string of the molecule is C[C@@H](O)C(CNCc1c[nH]c2c(N)ncnc12)CSO. The van der Waals surface area contributed by atoms with E-state index in [1.807, 2.05) is 6.20 Å². The van der Waals surface area contributed by atoms with Gasteiger partial charge in [-0.1, -0.05) is 0 Å². The highest BCUT2D eigenvalue weighted by Gasteiger charge is 2.15. The Kier molecular flexibility index (Phi) is 5.18. The third-order valence-corrected chi connectivity index (χ3v) is 3.84. The second-order valence-electron chi connectivity index (χ2n) is 4.72. The van der Waals surface area contributed by atoms with Gasteiger partial charge in [0.05, 0.1) is 11.6 Å². The molecule has 2 heterocycles. The summed E-state index contributed by atoms with van der Waals surface area (Å²) >= 11 is 0.747. The van der Waals surface area contributed by atoms with Gasteiger partial charge in [0.2, 0.25) is 0 Å². The maximum Gasteiger partial charge on any atom is 0.151 e. The van der Waals surface area contributed by atoms with Crippen LogP contribution in [0.2, 0.25) is 0 Å². The van der Waals surface area contributed by atoms with Gasteiger partial charge in [0.15, 0.2) is 5.82 Å². The number of fused-ring (bicyclic) bond motifs is 1. The van der Waals surface area contributed by atoms with Gasteiger partial charge < -0.3 is 25.7 Å². The number of anilines is 1. The van der Waals surface area contributed by atoms with Crippen LogP contribution in [0, 0.1) is 5.92 Å². The second kappa shape index (κ2) is 6.89. The molecular formula is C12H19N5O2S. The molecule has 0 spiro atoms. The molecule has 1 unspecified atom stereocenters. The Labute approximate surface area is 121 Å². The lowest BCUT2D eigenvalue weighted by molar-refractivity contribution is 0.135. The van der Waals surface area contributed by atoms with E-state index in [1.165, 1.54) is 6.33 Å². The second-order valence-corrected chi connectivity index (χ2v) is 5.32. The van der Waals surface area contributed by atoms with Gasteiger partial charge in [-0.05, 0) is 19.0 Å². The van der Waals surface area contributed by atoms with Crippen LogP contribution in [-0.4, -0.2) is 43.0 Å². The molecule has 0 amide bonds. The van der Waals surface area contributed by atoms with Gasteiger partial charge in [-0.15, -0.1) is 0 Å². The molecule has 2 aromatic rings. The molecule has 20 heavy (non-hydrogen) atoms. The van der Waals surface area contributed by atoms with Crippen LogP contribution >= 0.6 is 12.0 Å². The largest absolute Gasteiger partial charge is 0.393 e. The first kappa shape index (κ1) is 15.0. The number of nitrogen functional groups attached to an aromatic ring is 1. The van der Waals surface area contributed by atoms with Crippen molar-refractivity contribution in [3.63, 3.8) is 0 Å². The Morgan fingerprint density at radius 2 is 2.30 bits per heavy atom. The number of aliphatic hydroxyl groups excluding tert-OH is 1. The van der Waals surface area contributed by atoms with Crippen LogP contribution in [0.5, 0.6) is 0 Å². The molecule has 0 bridgehead atoms. The van der Waals surface area contributed by atoms with Gasteiger partial charge in [-0.2, -0.15) is 0 Å². The minimum absolute atomic E-state index is 0.00472. The molecule has 0 aliphatic heterocycles. The third kappa shape index (κ3) is 3.40. The van der Waals surface area contributed by atoms with Crippen molar-refractivity contribution in [2.45, 2.75) is 19.6 Å². The van der Waals surface area contributed by atoms with E-state index in [-0.39, 0.29) is 5.92 Å². The summed E-state index contributed by atoms with van der Waals surface area (Å²) in [6.45, 7) is 2.94. The molecule has 7 nitrogen and oxygen atoms in total. The predicted octanol–water partition coefficient (Wildman–Crippen LogP) is 0.833. The molecule has 2 atom stereocenters. The number of nitrogens with one attached hydrogen (secondary N) is 2. The van der Waals surface area contributed by atoms with Crippen LogP contribution in [0.1, 0.15) is 12.5 Å². The maximum absolute atomic E-state index is 9.60. The molecule has 8 heteroatoms. The van der Waals surface area contributed by atoms with Crippen LogP contribution in [0.3, 0.4) is 0 Å². The molecular weight excluding hydrogens is 278 g/mol. The lowest BCUT2D eigenvalue weighted by atomic mass is 10.1. The normalized spacial score (nSPS) is 14.6. The topological polar surface area (TPSA) is 120 Å². The number of hydrogen-bond acceptors (Lipinski definition) is 7. The lowest BCUT2D eigenvalue weighted by Crippen LogP contribution is -2.31. The van der Waals surface area contributed by atoms with E-state index in [0.717, 1.165) is 28.6 Å². The molecule has 0 fully saturated rings. The summed E-state index contributed by atoms with van der Waals surface area (Å²) in [5, 5.41) is 12.9. The number of hydrogen-bond donors (Lipinski definition) is 5. The van der Waals surface area contributed by atoms with Crippen LogP contribution in [0.15, 0.2) is 12.5 Å². The minimum Gasteiger partial charge on any atom is -0.393 e. The van der Waals surface area contributed by atoms with Crippen molar-refractivity contribution in [1.82, 2.24) is 20.3 Å². The molecule has 2 aromatic heterocycles. The summed E-state index contributed by atoms with van der Waals surface area (Å²) in [6, 6.07) is 0. The zero-order chi connectivity index (χ0) is 14.5. The molecule has 0 radical (unpaired) electrons. The molecule has 0 aliphatic rings. The van der Waals surface area contributed by atoms with Gasteiger partial charge in [-0.25, -0.2) is 9.97 Å². The fourth-order valence-electron chi connectivity index (χ4n) is 2.00. The van der Waals surface area contributed by atoms with E-state index in [2.05, 4.69) is 20.3 Å². The van der Waals surface area contributed by atoms with Crippen molar-refractivity contribution in [2.75, 3.05) is 18.0 Å². The van der Waals surface area contributed by atoms with Crippen molar-refractivity contribution < 1.29 is 9.66 Å². The number of aromatic amines is 1. The van der Waals surface area contributed by atoms with Gasteiger partial charge in [-0.3, -0.25) is 0 Å². The Balaban J connectivity index is 1.97. The van der Waals surface area contributed by atoms with Crippen LogP contribution < -0.4 is 11.1 Å². The summed E-state index contributed by atoms with van der Waals surface area (Å²) in [4.78, 5) is 11.2. The van der Waals surface area contributed by atoms with Crippen molar-refractivity contribution in [3.05, 3.63) is 18.1 Å². The van der Waals surface area contributed by atoms with E-state index in [9.17, 15) is 5.11 Å². The van der Waals surface area contributed by atoms with Gasteiger partial charge in [0.1, 0.15) is 11.8 Å². The molecule has 0 aromatic carbocycles. The Bertz CT molecular complexity index is 560. The van der Waals surface area contributed by atoms with Gasteiger partial charge in [0.25, 0.3) is 0 Å². The van der Waals surface area contributed by atoms with E-state index in [4.69, 9.17) is 10.3 Å². The van der Waals surface area contributed by atoms with Crippen LogP contribution in [0.25, 0.3) is 11.0 Å². The standard InChI is InChI=1S/C12H19N5O2S/c1-7(18)9(5-20-19)3-14-2-8-4-15-11-10(8)16-6-17-12(11)13/h4,6-7,9,14-15,18-19H,2-3,5H2,1H3,(H2,13,16,17)/t7-,9?/m1/s1. The van der Waals surface area contributed by atoms with Crippen LogP contribution in [0.4, 0.5) is 5.82 Å². The summed E-state index contributed by atoms with van der Waals surface area (Å²) in [5.41, 5.74) is 8.29. The van der Waals surface area contributed by atoms with Crippen molar-refractivity contribution in [3.8, 4) is 0 Å². The molecule has 0 saturated carbocycles. The molecule has 2 rings (SSSR count). The first-order valence-corrected chi connectivity index (χ1v) is 7.29. The highest BCUT2D eigenvalue weighted by Crippen LogP contribution is 2.19. The van der Waals surface area contributed by atoms with E-state index in [1.54, 1.807) is 6.92 Å². The summed E-state index contributed by atoms with van der Waals surface area (Å²) < 4.78 is 8.88. The summed E-state index contributed by atoms with van der Waals surface area (Å²) in [7, 11) is 0. The first-order chi connectivity index (χ1) is 9.63. The number of rotatable bonds is 7. The Hall–Kier alpha value is -1.35. The van der Waals surface area contributed by atoms with E-state index in [0.29, 0.717) is 24.7 Å². The lowest BCUT2D eigenvalue weighted by Gasteiger charge is -2.18. The number of aliphatic hydroxyl groups is 1. The highest BCUT2D eigenvalue weighted by atomic mass is 32.2. The van der Waals surface area contributed by atoms with E-state index >= 15 is 0 Å². The predicted molar refractivity (Wildman–Crippen MR) is 80.3 cm³/mol. The fraction of sp³-hybridized carbons (Fsp3) is 0.500. The average Bonchev–Trinajstić information content (AvgIpc) is 2.82. The van der Waals surface area contributed by atoms with E-state index < -0.39 is 6.10 Å². The van der Waals surface area contributed by atoms with Gasteiger partial charge >= 0.3 is 0 Å². The highest BCUT2D eigenvalue weighted by molar-refractivity contribution is 7.93. The summed E-state index contributed by atoms with van der Waals surface area (Å²) in [5.74, 6) is 0.919. The number of nitrogens with two attached hydrogens (primary N) is 1. The number of aromatic nitrogens is 3. The first-order valence-electron chi connectivity index (χ1n) is 6.35. The number of nitrogens with zero attached hydrogens (tertiary/aromatic N) is 2. The smallest absolute Gasteiger partial charge is 0.151 e. The molecule has 0 aliphatic carbocycles. The molecule has 110 valence electrons. The molecule has 6 N–H and O–H groups in total. The van der Waals surface area contributed by atoms with Gasteiger partial charge in [0, 0.05) is 36.5 Å². The Morgan fingerprint density at radius 3 is 3.00 bits per heavy atom. The minimum atomic E-state index is -0.469. The monoisotopic (exact) mass is 297 g/mol. The zero-order valence-electron chi connectivity index (χ0n) is 11.2. The quantitative estimate of drug-likeness (QED) is 0.480. The van der Waals surface area contributed by atoms with Crippen molar-refractivity contribution in [2.24, 2.45) is 5.92 Å². The maximum atomic E-state index is 9.60. The average molecular weight is 297 g/mol. The third-order valence-electron chi connectivity index (χ3n) is 3.26. The Morgan fingerprint density at radius 1 is 1.50 bits per heavy atom. The van der Waals surface area contributed by atoms with Crippen molar-refractivity contribution >= 4 is 28.9 Å². The summed E-state index contributed by atoms with van der Waals surface area (Å²) in [6.07, 6.45) is 2.82. The fourth-order valence-corrected chi connectivity index (χ4v) is 2.59. The number of H-pyrrole nitrogens is 1. The zero-order valence-corrected chi connectivity index (χ0v) is 12.0. The van der Waals surface area contributed by atoms with Crippen molar-refractivity contribution in [1.29, 1.82) is 0 Å². The van der Waals surface area contributed by atoms with Crippen LogP contribution in [-0.2, 0) is 6.54 Å². The molecule has 0 saturated heterocycles.